The van der Waals surface area contributed by atoms with Crippen molar-refractivity contribution >= 4 is 17.4 Å². The van der Waals surface area contributed by atoms with Gasteiger partial charge in [0.05, 0.1) is 11.6 Å². The van der Waals surface area contributed by atoms with Gasteiger partial charge in [0.25, 0.3) is 0 Å². The molecule has 7 heteroatoms. The standard InChI is InChI=1S/C17H24N4O2S/c1-13-18-11-16(24-13)12-20-17(22)19-10-14-4-6-15(7-5-14)23-9-8-21(2)3/h4-7,11H,8-10,12H2,1-3H3,(H2,19,20,22). The number of carbonyl (C=O) groups is 1. The van der Waals surface area contributed by atoms with E-state index in [0.29, 0.717) is 19.7 Å². The highest BCUT2D eigenvalue weighted by Gasteiger charge is 2.03. The van der Waals surface area contributed by atoms with Gasteiger partial charge >= 0.3 is 6.03 Å². The molecule has 2 N–H and O–H groups in total. The monoisotopic (exact) mass is 348 g/mol. The summed E-state index contributed by atoms with van der Waals surface area (Å²) in [6, 6.07) is 7.57. The fraction of sp³-hybridized carbons (Fsp3) is 0.412. The summed E-state index contributed by atoms with van der Waals surface area (Å²) >= 11 is 1.58. The number of thiazole rings is 1. The Hall–Kier alpha value is -2.12. The zero-order valence-electron chi connectivity index (χ0n) is 14.3. The average Bonchev–Trinajstić information content (AvgIpc) is 2.97. The van der Waals surface area contributed by atoms with Gasteiger partial charge in [0.1, 0.15) is 12.4 Å². The summed E-state index contributed by atoms with van der Waals surface area (Å²) in [6.45, 7) is 4.45. The lowest BCUT2D eigenvalue weighted by molar-refractivity contribution is 0.240. The molecular formula is C17H24N4O2S. The first-order chi connectivity index (χ1) is 11.5. The van der Waals surface area contributed by atoms with Gasteiger partial charge in [-0.2, -0.15) is 0 Å². The molecule has 0 saturated heterocycles. The Labute approximate surface area is 146 Å². The zero-order valence-corrected chi connectivity index (χ0v) is 15.2. The van der Waals surface area contributed by atoms with Gasteiger partial charge < -0.3 is 20.3 Å². The van der Waals surface area contributed by atoms with Gasteiger partial charge in [0.2, 0.25) is 0 Å². The van der Waals surface area contributed by atoms with Gasteiger partial charge in [-0.15, -0.1) is 11.3 Å². The van der Waals surface area contributed by atoms with E-state index in [2.05, 4.69) is 20.5 Å². The van der Waals surface area contributed by atoms with E-state index in [1.165, 1.54) is 0 Å². The van der Waals surface area contributed by atoms with Crippen molar-refractivity contribution in [3.63, 3.8) is 0 Å². The second kappa shape index (κ2) is 9.24. The van der Waals surface area contributed by atoms with E-state index in [9.17, 15) is 4.79 Å². The van der Waals surface area contributed by atoms with Crippen molar-refractivity contribution in [2.75, 3.05) is 27.2 Å². The number of hydrogen-bond acceptors (Lipinski definition) is 5. The lowest BCUT2D eigenvalue weighted by Gasteiger charge is -2.11. The molecule has 0 saturated carbocycles. The van der Waals surface area contributed by atoms with Crippen LogP contribution >= 0.6 is 11.3 Å². The van der Waals surface area contributed by atoms with Gasteiger partial charge in [-0.3, -0.25) is 0 Å². The number of likely N-dealkylation sites (N-methyl/N-ethyl adjacent to an activating group) is 1. The van der Waals surface area contributed by atoms with E-state index in [-0.39, 0.29) is 6.03 Å². The Bertz CT molecular complexity index is 640. The van der Waals surface area contributed by atoms with E-state index in [1.54, 1.807) is 17.5 Å². The first kappa shape index (κ1) is 18.2. The topological polar surface area (TPSA) is 66.5 Å². The highest BCUT2D eigenvalue weighted by atomic mass is 32.1. The van der Waals surface area contributed by atoms with E-state index in [4.69, 9.17) is 4.74 Å². The number of nitrogens with zero attached hydrogens (tertiary/aromatic N) is 2. The average molecular weight is 348 g/mol. The highest BCUT2D eigenvalue weighted by Crippen LogP contribution is 2.12. The van der Waals surface area contributed by atoms with Crippen LogP contribution in [0.25, 0.3) is 0 Å². The van der Waals surface area contributed by atoms with Crippen LogP contribution in [0.4, 0.5) is 4.79 Å². The van der Waals surface area contributed by atoms with Crippen LogP contribution in [0.15, 0.2) is 30.5 Å². The van der Waals surface area contributed by atoms with Crippen LogP contribution < -0.4 is 15.4 Å². The number of aryl methyl sites for hydroxylation is 1. The summed E-state index contributed by atoms with van der Waals surface area (Å²) in [6.07, 6.45) is 1.79. The normalized spacial score (nSPS) is 10.7. The minimum absolute atomic E-state index is 0.188. The van der Waals surface area contributed by atoms with E-state index in [0.717, 1.165) is 27.7 Å². The SMILES string of the molecule is Cc1ncc(CNC(=O)NCc2ccc(OCCN(C)C)cc2)s1. The molecule has 2 rings (SSSR count). The van der Waals surface area contributed by atoms with Gasteiger partial charge in [-0.25, -0.2) is 9.78 Å². The van der Waals surface area contributed by atoms with Gasteiger partial charge in [0.15, 0.2) is 0 Å². The predicted molar refractivity (Wildman–Crippen MR) is 96.4 cm³/mol. The lowest BCUT2D eigenvalue weighted by Crippen LogP contribution is -2.34. The number of hydrogen-bond donors (Lipinski definition) is 2. The molecule has 0 aliphatic carbocycles. The largest absolute Gasteiger partial charge is 0.492 e. The molecule has 24 heavy (non-hydrogen) atoms. The molecule has 0 unspecified atom stereocenters. The minimum atomic E-state index is -0.188. The van der Waals surface area contributed by atoms with Gasteiger partial charge in [-0.1, -0.05) is 12.1 Å². The first-order valence-corrected chi connectivity index (χ1v) is 8.64. The molecule has 2 aromatic rings. The van der Waals surface area contributed by atoms with Crippen LogP contribution in [0.1, 0.15) is 15.4 Å². The number of carbonyl (C=O) groups excluding carboxylic acids is 1. The number of aromatic nitrogens is 1. The van der Waals surface area contributed by atoms with E-state index < -0.39 is 0 Å². The maximum absolute atomic E-state index is 11.8. The van der Waals surface area contributed by atoms with Crippen LogP contribution in [0.2, 0.25) is 0 Å². The maximum Gasteiger partial charge on any atom is 0.315 e. The Morgan fingerprint density at radius 2 is 1.92 bits per heavy atom. The summed E-state index contributed by atoms with van der Waals surface area (Å²) in [4.78, 5) is 19.1. The third-order valence-electron chi connectivity index (χ3n) is 3.28. The first-order valence-electron chi connectivity index (χ1n) is 7.82. The molecule has 130 valence electrons. The number of urea groups is 1. The summed E-state index contributed by atoms with van der Waals surface area (Å²) in [5.74, 6) is 0.839. The summed E-state index contributed by atoms with van der Waals surface area (Å²) in [5, 5.41) is 6.66. The summed E-state index contributed by atoms with van der Waals surface area (Å²) < 4.78 is 5.64. The van der Waals surface area contributed by atoms with Crippen LogP contribution in [-0.2, 0) is 13.1 Å². The highest BCUT2D eigenvalue weighted by molar-refractivity contribution is 7.11. The number of nitrogens with one attached hydrogen (secondary N) is 2. The molecule has 6 nitrogen and oxygen atoms in total. The molecule has 0 bridgehead atoms. The second-order valence-corrected chi connectivity index (χ2v) is 7.00. The molecule has 0 aliphatic heterocycles. The third kappa shape index (κ3) is 6.55. The maximum atomic E-state index is 11.8. The van der Waals surface area contributed by atoms with Crippen molar-refractivity contribution in [1.82, 2.24) is 20.5 Å². The third-order valence-corrected chi connectivity index (χ3v) is 4.19. The van der Waals surface area contributed by atoms with Crippen molar-refractivity contribution in [2.24, 2.45) is 0 Å². The Morgan fingerprint density at radius 1 is 1.21 bits per heavy atom. The molecule has 1 aromatic carbocycles. The van der Waals surface area contributed by atoms with E-state index >= 15 is 0 Å². The smallest absolute Gasteiger partial charge is 0.315 e. The van der Waals surface area contributed by atoms with Crippen LogP contribution in [0.5, 0.6) is 5.75 Å². The fourth-order valence-electron chi connectivity index (χ4n) is 1.95. The van der Waals surface area contributed by atoms with Crippen LogP contribution in [-0.4, -0.2) is 43.2 Å². The molecular weight excluding hydrogens is 324 g/mol. The molecule has 2 amide bonds. The number of ether oxygens (including phenoxy) is 1. The van der Waals surface area contributed by atoms with Crippen LogP contribution in [0, 0.1) is 6.92 Å². The number of benzene rings is 1. The molecule has 1 heterocycles. The molecule has 0 fully saturated rings. The Kier molecular flexibility index (Phi) is 7.02. The van der Waals surface area contributed by atoms with Crippen molar-refractivity contribution in [3.05, 3.63) is 45.9 Å². The molecule has 0 aliphatic rings. The molecule has 0 atom stereocenters. The van der Waals surface area contributed by atoms with Crippen molar-refractivity contribution in [1.29, 1.82) is 0 Å². The van der Waals surface area contributed by atoms with Gasteiger partial charge in [-0.05, 0) is 38.7 Å². The van der Waals surface area contributed by atoms with Crippen molar-refractivity contribution in [3.8, 4) is 5.75 Å². The quantitative estimate of drug-likeness (QED) is 0.769. The van der Waals surface area contributed by atoms with Crippen LogP contribution in [0.3, 0.4) is 0 Å². The Morgan fingerprint density at radius 3 is 2.54 bits per heavy atom. The Balaban J connectivity index is 1.68. The molecule has 0 radical (unpaired) electrons. The molecule has 1 aromatic heterocycles. The fourth-order valence-corrected chi connectivity index (χ4v) is 2.68. The van der Waals surface area contributed by atoms with E-state index in [1.807, 2.05) is 45.3 Å². The van der Waals surface area contributed by atoms with Gasteiger partial charge in [0, 0.05) is 24.2 Å². The summed E-state index contributed by atoms with van der Waals surface area (Å²) in [5.41, 5.74) is 1.03. The number of rotatable bonds is 8. The predicted octanol–water partition coefficient (Wildman–Crippen LogP) is 2.39. The lowest BCUT2D eigenvalue weighted by atomic mass is 10.2. The number of amides is 2. The molecule has 0 spiro atoms. The van der Waals surface area contributed by atoms with Crippen molar-refractivity contribution < 1.29 is 9.53 Å². The second-order valence-electron chi connectivity index (χ2n) is 5.68. The summed E-state index contributed by atoms with van der Waals surface area (Å²) in [7, 11) is 4.03. The van der Waals surface area contributed by atoms with Crippen molar-refractivity contribution in [2.45, 2.75) is 20.0 Å². The minimum Gasteiger partial charge on any atom is -0.492 e. The zero-order chi connectivity index (χ0) is 17.4.